The Hall–Kier alpha value is -1.72. The van der Waals surface area contributed by atoms with Gasteiger partial charge in [0.05, 0.1) is 11.9 Å². The molecule has 1 rings (SSSR count). The first-order chi connectivity index (χ1) is 8.70. The monoisotopic (exact) mass is 307 g/mol. The summed E-state index contributed by atoms with van der Waals surface area (Å²) >= 11 is 3.25. The summed E-state index contributed by atoms with van der Waals surface area (Å²) in [5.41, 5.74) is 0.440. The van der Waals surface area contributed by atoms with Gasteiger partial charge >= 0.3 is 0 Å². The number of unbranched alkanes of at least 4 members (excludes halogenated alkanes) is 2. The highest BCUT2D eigenvalue weighted by Crippen LogP contribution is 2.16. The summed E-state index contributed by atoms with van der Waals surface area (Å²) in [5, 5.41) is 7.12. The van der Waals surface area contributed by atoms with E-state index in [9.17, 15) is 4.79 Å². The zero-order chi connectivity index (χ0) is 13.4. The zero-order valence-electron chi connectivity index (χ0n) is 9.95. The molecule has 0 aliphatic rings. The molecule has 5 heteroatoms. The molecule has 0 aromatic carbocycles. The Labute approximate surface area is 115 Å². The third-order valence-corrected chi connectivity index (χ3v) is 3.06. The van der Waals surface area contributed by atoms with E-state index in [1.54, 1.807) is 6.20 Å². The number of hydrogen-bond acceptors (Lipinski definition) is 3. The van der Waals surface area contributed by atoms with Crippen molar-refractivity contribution in [3.63, 3.8) is 0 Å². The van der Waals surface area contributed by atoms with Crippen molar-refractivity contribution in [3.8, 4) is 24.7 Å². The summed E-state index contributed by atoms with van der Waals surface area (Å²) in [5.74, 6) is 4.97. The molecular weight excluding hydrogens is 294 g/mol. The molecule has 18 heavy (non-hydrogen) atoms. The molecule has 94 valence electrons. The van der Waals surface area contributed by atoms with Gasteiger partial charge in [0.15, 0.2) is 0 Å². The van der Waals surface area contributed by atoms with E-state index in [1.807, 2.05) is 0 Å². The summed E-state index contributed by atoms with van der Waals surface area (Å²) in [6.07, 6.45) is 14.6. The fourth-order valence-electron chi connectivity index (χ4n) is 1.36. The molecule has 0 aliphatic heterocycles. The minimum Gasteiger partial charge on any atom is -0.383 e. The van der Waals surface area contributed by atoms with Crippen LogP contribution in [0.25, 0.3) is 0 Å². The lowest BCUT2D eigenvalue weighted by Crippen LogP contribution is -2.24. The van der Waals surface area contributed by atoms with Crippen LogP contribution < -0.4 is 10.9 Å². The van der Waals surface area contributed by atoms with Crippen molar-refractivity contribution in [1.29, 1.82) is 0 Å². The average molecular weight is 308 g/mol. The lowest BCUT2D eigenvalue weighted by Gasteiger charge is -2.08. The quantitative estimate of drug-likeness (QED) is 0.644. The van der Waals surface area contributed by atoms with Crippen molar-refractivity contribution in [2.24, 2.45) is 0 Å². The highest BCUT2D eigenvalue weighted by molar-refractivity contribution is 9.10. The Balaban J connectivity index is 2.63. The molecule has 0 saturated heterocycles. The van der Waals surface area contributed by atoms with E-state index < -0.39 is 0 Å². The van der Waals surface area contributed by atoms with Crippen molar-refractivity contribution >= 4 is 21.6 Å². The standard InChI is InChI=1S/C13H14BrN3O/c1-3-5-6-7-8-15-11-10-16-17(9-4-2)13(18)12(11)14/h1-2,10,15H,5-9H2. The van der Waals surface area contributed by atoms with E-state index in [1.165, 1.54) is 4.68 Å². The second kappa shape index (κ2) is 7.58. The van der Waals surface area contributed by atoms with Crippen LogP contribution in [0.2, 0.25) is 0 Å². The third-order valence-electron chi connectivity index (χ3n) is 2.29. The topological polar surface area (TPSA) is 46.9 Å². The minimum atomic E-state index is -0.235. The van der Waals surface area contributed by atoms with Gasteiger partial charge in [-0.25, -0.2) is 4.68 Å². The lowest BCUT2D eigenvalue weighted by molar-refractivity contribution is 0.659. The first-order valence-corrected chi connectivity index (χ1v) is 6.36. The van der Waals surface area contributed by atoms with Crippen LogP contribution in [0.3, 0.4) is 0 Å². The Morgan fingerprint density at radius 1 is 1.39 bits per heavy atom. The predicted molar refractivity (Wildman–Crippen MR) is 76.2 cm³/mol. The van der Waals surface area contributed by atoms with Gasteiger partial charge < -0.3 is 5.32 Å². The van der Waals surface area contributed by atoms with E-state index in [2.05, 4.69) is 38.2 Å². The largest absolute Gasteiger partial charge is 0.383 e. The van der Waals surface area contributed by atoms with E-state index >= 15 is 0 Å². The van der Waals surface area contributed by atoms with Crippen LogP contribution in [0.15, 0.2) is 15.5 Å². The SMILES string of the molecule is C#CCCCCNc1cnn(CC#C)c(=O)c1Br. The Morgan fingerprint density at radius 3 is 2.83 bits per heavy atom. The molecule has 0 radical (unpaired) electrons. The van der Waals surface area contributed by atoms with Crippen molar-refractivity contribution < 1.29 is 0 Å². The summed E-state index contributed by atoms with van der Waals surface area (Å²) in [7, 11) is 0. The van der Waals surface area contributed by atoms with Gasteiger partial charge in [-0.2, -0.15) is 5.10 Å². The molecule has 1 N–H and O–H groups in total. The highest BCUT2D eigenvalue weighted by atomic mass is 79.9. The zero-order valence-corrected chi connectivity index (χ0v) is 11.5. The van der Waals surface area contributed by atoms with Crippen LogP contribution in [0.4, 0.5) is 5.69 Å². The van der Waals surface area contributed by atoms with Crippen LogP contribution in [0, 0.1) is 24.7 Å². The maximum Gasteiger partial charge on any atom is 0.284 e. The van der Waals surface area contributed by atoms with E-state index in [0.29, 0.717) is 10.2 Å². The Bertz CT molecular complexity index is 537. The number of terminal acetylenes is 2. The molecule has 4 nitrogen and oxygen atoms in total. The van der Waals surface area contributed by atoms with Gasteiger partial charge in [-0.1, -0.05) is 5.92 Å². The van der Waals surface area contributed by atoms with Crippen LogP contribution in [0.1, 0.15) is 19.3 Å². The number of nitrogens with one attached hydrogen (secondary N) is 1. The predicted octanol–water partition coefficient (Wildman–Crippen LogP) is 1.85. The van der Waals surface area contributed by atoms with Crippen molar-refractivity contribution in [3.05, 3.63) is 21.0 Å². The summed E-state index contributed by atoms with van der Waals surface area (Å²) < 4.78 is 1.68. The minimum absolute atomic E-state index is 0.167. The van der Waals surface area contributed by atoms with Crippen LogP contribution in [-0.4, -0.2) is 16.3 Å². The highest BCUT2D eigenvalue weighted by Gasteiger charge is 2.07. The molecule has 0 fully saturated rings. The smallest absolute Gasteiger partial charge is 0.284 e. The molecule has 0 aliphatic carbocycles. The maximum absolute atomic E-state index is 11.8. The molecule has 0 spiro atoms. The van der Waals surface area contributed by atoms with Crippen LogP contribution in [-0.2, 0) is 6.54 Å². The molecule has 0 unspecified atom stereocenters. The molecule has 1 heterocycles. The molecular formula is C13H14BrN3O. The number of hydrogen-bond donors (Lipinski definition) is 1. The number of aromatic nitrogens is 2. The second-order valence-corrected chi connectivity index (χ2v) is 4.42. The summed E-state index contributed by atoms with van der Waals surface area (Å²) in [6, 6.07) is 0. The Morgan fingerprint density at radius 2 is 2.17 bits per heavy atom. The second-order valence-electron chi connectivity index (χ2n) is 3.63. The number of nitrogens with zero attached hydrogens (tertiary/aromatic N) is 2. The molecule has 0 saturated carbocycles. The van der Waals surface area contributed by atoms with Gasteiger partial charge in [-0.3, -0.25) is 4.79 Å². The van der Waals surface area contributed by atoms with Gasteiger partial charge in [-0.05, 0) is 28.8 Å². The van der Waals surface area contributed by atoms with Crippen molar-refractivity contribution in [2.75, 3.05) is 11.9 Å². The fourth-order valence-corrected chi connectivity index (χ4v) is 1.81. The lowest BCUT2D eigenvalue weighted by atomic mass is 10.2. The van der Waals surface area contributed by atoms with Crippen molar-refractivity contribution in [2.45, 2.75) is 25.8 Å². The van der Waals surface area contributed by atoms with Gasteiger partial charge in [0, 0.05) is 13.0 Å². The normalized spacial score (nSPS) is 9.50. The summed E-state index contributed by atoms with van der Waals surface area (Å²) in [6.45, 7) is 0.917. The molecule has 1 aromatic rings. The number of halogens is 1. The van der Waals surface area contributed by atoms with Gasteiger partial charge in [0.2, 0.25) is 0 Å². The van der Waals surface area contributed by atoms with Crippen LogP contribution in [0.5, 0.6) is 0 Å². The first-order valence-electron chi connectivity index (χ1n) is 5.57. The average Bonchev–Trinajstić information content (AvgIpc) is 2.37. The summed E-state index contributed by atoms with van der Waals surface area (Å²) in [4.78, 5) is 11.8. The van der Waals surface area contributed by atoms with Crippen LogP contribution >= 0.6 is 15.9 Å². The maximum atomic E-state index is 11.8. The number of rotatable bonds is 6. The van der Waals surface area contributed by atoms with Crippen molar-refractivity contribution in [1.82, 2.24) is 9.78 Å². The fraction of sp³-hybridized carbons (Fsp3) is 0.385. The van der Waals surface area contributed by atoms with E-state index in [-0.39, 0.29) is 12.1 Å². The van der Waals surface area contributed by atoms with Gasteiger partial charge in [-0.15, -0.1) is 18.8 Å². The van der Waals surface area contributed by atoms with E-state index in [4.69, 9.17) is 12.8 Å². The number of anilines is 1. The molecule has 1 aromatic heterocycles. The van der Waals surface area contributed by atoms with E-state index in [0.717, 1.165) is 25.8 Å². The molecule has 0 atom stereocenters. The van der Waals surface area contributed by atoms with Gasteiger partial charge in [0.25, 0.3) is 5.56 Å². The Kier molecular flexibility index (Phi) is 6.04. The molecule has 0 bridgehead atoms. The van der Waals surface area contributed by atoms with Gasteiger partial charge in [0.1, 0.15) is 11.0 Å². The third kappa shape index (κ3) is 3.94. The molecule has 0 amide bonds. The first kappa shape index (κ1) is 14.3.